The number of benzene rings is 2. The van der Waals surface area contributed by atoms with E-state index in [2.05, 4.69) is 31.9 Å². The topological polar surface area (TPSA) is 364 Å². The van der Waals surface area contributed by atoms with Crippen molar-refractivity contribution in [1.82, 2.24) is 46.2 Å². The first-order valence-corrected chi connectivity index (χ1v) is 32.7. The Kier molecular flexibility index (Phi) is 31.8. The molecule has 2 aliphatic heterocycles. The van der Waals surface area contributed by atoms with Crippen LogP contribution in [0.3, 0.4) is 0 Å². The van der Waals surface area contributed by atoms with Crippen molar-refractivity contribution in [3.63, 3.8) is 0 Å². The number of likely N-dealkylation sites (N-methyl/N-ethyl adjacent to an activating group) is 2. The van der Waals surface area contributed by atoms with Crippen molar-refractivity contribution in [2.45, 2.75) is 200 Å². The molecule has 27 nitrogen and oxygen atoms in total. The SMILES string of the molecule is CO[C@H]([C@@H](C)C(=O)N[C@@H](Cc1ccccc1)C(=O)O)[C@@H]1CCCN1C(=O)C[C@@H](OC)[C@H](C(C)C)N(C)C(=O)[C@@H](NC(=O)[C@H](C(C)C)N(C)C(=O)OCc1ccc(NC(=O)[C@H](CCCNC(N)=O)NC(=O)[C@@H](NC(=O)CCCCCN2C(=O)CCC2=O)C(C)C)cc1)C(C)C. The number of primary amides is 1. The maximum atomic E-state index is 14.7. The largest absolute Gasteiger partial charge is 0.480 e. The summed E-state index contributed by atoms with van der Waals surface area (Å²) in [5, 5.41) is 26.3. The standard InChI is InChI=1S/C67H103N11O16/c1-39(2)55(73-51(79)26-18-15-19-34-78-52(80)31-32-53(78)81)62(85)71-47(24-20-33-69-66(68)90)61(84)70-46-29-27-45(28-30-46)38-94-67(91)76(11)58(42(7)8)63(86)74-56(40(3)4)64(87)75(10)57(41(5)6)50(92-12)37-54(82)77-35-21-25-49(77)59(93-13)43(9)60(83)72-48(65(88)89)36-44-22-16-14-17-23-44/h14,16-17,22-23,27-30,39-43,47-50,55-59H,15,18-21,24-26,31-38H2,1-13H3,(H,70,84)(H,71,85)(H,72,83)(H,73,79)(H,74,86)(H,88,89)(H3,68,69,90)/t43-,47+,48+,49+,50-,55+,56+,57+,58+,59-/m1/s1. The number of carbonyl (C=O) groups excluding carboxylic acids is 11. The Morgan fingerprint density at radius 1 is 0.670 bits per heavy atom. The molecule has 12 amide bonds. The minimum atomic E-state index is -1.19. The number of nitrogens with one attached hydrogen (secondary N) is 6. The lowest BCUT2D eigenvalue weighted by molar-refractivity contribution is -0.148. The smallest absolute Gasteiger partial charge is 0.410 e. The molecular weight excluding hydrogens is 1210 g/mol. The fourth-order valence-corrected chi connectivity index (χ4v) is 12.2. The van der Waals surface area contributed by atoms with Crippen LogP contribution in [0.15, 0.2) is 54.6 Å². The molecule has 0 aliphatic carbocycles. The monoisotopic (exact) mass is 1320 g/mol. The molecule has 0 bridgehead atoms. The van der Waals surface area contributed by atoms with Crippen LogP contribution in [0.25, 0.3) is 0 Å². The van der Waals surface area contributed by atoms with E-state index in [1.807, 2.05) is 19.9 Å². The normalized spacial score (nSPS) is 16.9. The van der Waals surface area contributed by atoms with Crippen molar-refractivity contribution in [3.8, 4) is 0 Å². The summed E-state index contributed by atoms with van der Waals surface area (Å²) in [6.45, 7) is 16.5. The van der Waals surface area contributed by atoms with Crippen LogP contribution < -0.4 is 37.6 Å². The van der Waals surface area contributed by atoms with E-state index in [0.717, 1.165) is 10.5 Å². The van der Waals surface area contributed by atoms with E-state index >= 15 is 0 Å². The first kappa shape index (κ1) is 78.2. The van der Waals surface area contributed by atoms with Crippen LogP contribution in [-0.4, -0.2) is 198 Å². The summed E-state index contributed by atoms with van der Waals surface area (Å²) in [6.07, 6.45) is 1.08. The lowest BCUT2D eigenvalue weighted by Crippen LogP contribution is -2.60. The lowest BCUT2D eigenvalue weighted by Gasteiger charge is -2.40. The highest BCUT2D eigenvalue weighted by Gasteiger charge is 2.44. The van der Waals surface area contributed by atoms with Gasteiger partial charge in [0.05, 0.1) is 36.6 Å². The number of hydrogen-bond acceptors (Lipinski definition) is 15. The van der Waals surface area contributed by atoms with Crippen molar-refractivity contribution in [2.24, 2.45) is 35.3 Å². The second kappa shape index (κ2) is 38.2. The average Bonchev–Trinajstić information content (AvgIpc) is 1.39. The zero-order valence-electron chi connectivity index (χ0n) is 57.0. The van der Waals surface area contributed by atoms with Gasteiger partial charge >= 0.3 is 18.1 Å². The third-order valence-corrected chi connectivity index (χ3v) is 17.3. The van der Waals surface area contributed by atoms with Crippen molar-refractivity contribution in [2.75, 3.05) is 53.3 Å². The number of imide groups is 1. The third kappa shape index (κ3) is 23.4. The minimum absolute atomic E-state index is 0.0754. The van der Waals surface area contributed by atoms with Crippen LogP contribution in [-0.2, 0) is 75.2 Å². The van der Waals surface area contributed by atoms with Crippen molar-refractivity contribution in [3.05, 3.63) is 65.7 Å². The van der Waals surface area contributed by atoms with Crippen molar-refractivity contribution in [1.29, 1.82) is 0 Å². The maximum Gasteiger partial charge on any atom is 0.410 e. The van der Waals surface area contributed by atoms with Gasteiger partial charge in [0.1, 0.15) is 36.8 Å². The number of methoxy groups -OCH3 is 2. The molecule has 2 aromatic carbocycles. The number of nitrogens with zero attached hydrogens (tertiary/aromatic N) is 4. The van der Waals surface area contributed by atoms with Gasteiger partial charge in [-0.2, -0.15) is 0 Å². The number of carboxylic acid groups (broad SMARTS) is 1. The summed E-state index contributed by atoms with van der Waals surface area (Å²) < 4.78 is 17.6. The molecule has 9 N–H and O–H groups in total. The van der Waals surface area contributed by atoms with Gasteiger partial charge in [-0.05, 0) is 85.5 Å². The maximum absolute atomic E-state index is 14.7. The molecule has 94 heavy (non-hydrogen) atoms. The van der Waals surface area contributed by atoms with Crippen molar-refractivity contribution < 1.29 is 76.9 Å². The number of anilines is 1. The summed E-state index contributed by atoms with van der Waals surface area (Å²) in [4.78, 5) is 164. The number of rotatable bonds is 38. The predicted molar refractivity (Wildman–Crippen MR) is 350 cm³/mol. The van der Waals surface area contributed by atoms with Crippen LogP contribution in [0.5, 0.6) is 0 Å². The summed E-state index contributed by atoms with van der Waals surface area (Å²) in [6, 6.07) is 7.87. The predicted octanol–water partition coefficient (Wildman–Crippen LogP) is 4.48. The number of aliphatic carboxylic acids is 1. The van der Waals surface area contributed by atoms with Gasteiger partial charge in [0, 0.05) is 79.3 Å². The van der Waals surface area contributed by atoms with E-state index in [4.69, 9.17) is 19.9 Å². The molecule has 0 aromatic heterocycles. The van der Waals surface area contributed by atoms with Gasteiger partial charge < -0.3 is 66.8 Å². The summed E-state index contributed by atoms with van der Waals surface area (Å²) >= 11 is 0. The number of unbranched alkanes of at least 4 members (excludes halogenated alkanes) is 2. The second-order valence-corrected chi connectivity index (χ2v) is 25.8. The molecule has 27 heteroatoms. The Morgan fingerprint density at radius 3 is 1.86 bits per heavy atom. The van der Waals surface area contributed by atoms with Gasteiger partial charge in [-0.25, -0.2) is 14.4 Å². The highest BCUT2D eigenvalue weighted by Crippen LogP contribution is 2.30. The van der Waals surface area contributed by atoms with E-state index in [0.29, 0.717) is 56.4 Å². The molecule has 0 radical (unpaired) electrons. The van der Waals surface area contributed by atoms with Crippen LogP contribution in [0, 0.1) is 29.6 Å². The number of carboxylic acids is 1. The first-order valence-electron chi connectivity index (χ1n) is 32.7. The molecule has 2 saturated heterocycles. The Hall–Kier alpha value is -8.20. The Bertz CT molecular complexity index is 2880. The van der Waals surface area contributed by atoms with Gasteiger partial charge in [-0.3, -0.25) is 53.0 Å². The summed E-state index contributed by atoms with van der Waals surface area (Å²) in [5.41, 5.74) is 6.83. The van der Waals surface area contributed by atoms with E-state index < -0.39 is 120 Å². The second-order valence-electron chi connectivity index (χ2n) is 25.8. The number of amides is 12. The van der Waals surface area contributed by atoms with E-state index in [1.165, 1.54) is 31.1 Å². The van der Waals surface area contributed by atoms with Crippen LogP contribution in [0.2, 0.25) is 0 Å². The number of carbonyl (C=O) groups is 12. The fraction of sp³-hybridized carbons (Fsp3) is 0.642. The van der Waals surface area contributed by atoms with Crippen LogP contribution in [0.1, 0.15) is 144 Å². The number of nitrogens with two attached hydrogens (primary N) is 1. The van der Waals surface area contributed by atoms with Gasteiger partial charge in [0.25, 0.3) is 0 Å². The molecule has 522 valence electrons. The van der Waals surface area contributed by atoms with Gasteiger partial charge in [0.2, 0.25) is 53.2 Å². The molecule has 10 atom stereocenters. The molecule has 2 aromatic rings. The molecular formula is C67H103N11O16. The first-order chi connectivity index (χ1) is 44.4. The quantitative estimate of drug-likeness (QED) is 0.0339. The third-order valence-electron chi connectivity index (χ3n) is 17.3. The molecule has 4 rings (SSSR count). The minimum Gasteiger partial charge on any atom is -0.480 e. The average molecular weight is 1320 g/mol. The zero-order chi connectivity index (χ0) is 70.1. The summed E-state index contributed by atoms with van der Waals surface area (Å²) in [5.74, 6) is -7.41. The van der Waals surface area contributed by atoms with Gasteiger partial charge in [-0.1, -0.05) is 111 Å². The zero-order valence-corrected chi connectivity index (χ0v) is 57.0. The number of ether oxygens (including phenoxy) is 3. The molecule has 2 aliphatic rings. The number of urea groups is 1. The van der Waals surface area contributed by atoms with Crippen LogP contribution in [0.4, 0.5) is 15.3 Å². The van der Waals surface area contributed by atoms with E-state index in [9.17, 15) is 62.6 Å². The van der Waals surface area contributed by atoms with Gasteiger partial charge in [0.15, 0.2) is 0 Å². The highest BCUT2D eigenvalue weighted by atomic mass is 16.6. The molecule has 2 fully saturated rings. The van der Waals surface area contributed by atoms with E-state index in [-0.39, 0.29) is 93.6 Å². The molecule has 0 unspecified atom stereocenters. The number of likely N-dealkylation sites (tertiary alicyclic amines) is 2. The Balaban J connectivity index is 1.36. The molecule has 2 heterocycles. The highest BCUT2D eigenvalue weighted by molar-refractivity contribution is 6.02. The molecule has 0 saturated carbocycles. The van der Waals surface area contributed by atoms with Crippen LogP contribution >= 0.6 is 0 Å². The Labute approximate surface area is 552 Å². The van der Waals surface area contributed by atoms with Crippen molar-refractivity contribution >= 4 is 76.9 Å². The van der Waals surface area contributed by atoms with E-state index in [1.54, 1.807) is 109 Å². The molecule has 0 spiro atoms. The summed E-state index contributed by atoms with van der Waals surface area (Å²) in [7, 11) is 5.92. The number of hydrogen-bond donors (Lipinski definition) is 8. The Morgan fingerprint density at radius 2 is 1.30 bits per heavy atom. The lowest BCUT2D eigenvalue weighted by atomic mass is 9.91. The van der Waals surface area contributed by atoms with Gasteiger partial charge in [-0.15, -0.1) is 0 Å². The fourth-order valence-electron chi connectivity index (χ4n) is 12.2.